The molecule has 122 valence electrons. The van der Waals surface area contributed by atoms with Crippen LogP contribution in [0.2, 0.25) is 0 Å². The van der Waals surface area contributed by atoms with Gasteiger partial charge in [-0.05, 0) is 49.6 Å². The van der Waals surface area contributed by atoms with Gasteiger partial charge in [-0.2, -0.15) is 0 Å². The van der Waals surface area contributed by atoms with Crippen molar-refractivity contribution >= 4 is 5.78 Å². The monoisotopic (exact) mass is 313 g/mol. The van der Waals surface area contributed by atoms with Crippen LogP contribution in [-0.4, -0.2) is 24.0 Å². The molecule has 0 bridgehead atoms. The van der Waals surface area contributed by atoms with E-state index in [4.69, 9.17) is 9.47 Å². The molecule has 4 heteroatoms. The van der Waals surface area contributed by atoms with Crippen LogP contribution in [0, 0.1) is 0 Å². The Morgan fingerprint density at radius 2 is 1.78 bits per heavy atom. The summed E-state index contributed by atoms with van der Waals surface area (Å²) in [5.74, 6) is 1.51. The summed E-state index contributed by atoms with van der Waals surface area (Å²) in [6.07, 6.45) is 3.93. The second-order valence-electron chi connectivity index (χ2n) is 5.33. The second kappa shape index (κ2) is 8.32. The van der Waals surface area contributed by atoms with Gasteiger partial charge in [0.15, 0.2) is 5.78 Å². The maximum Gasteiger partial charge on any atom is 0.167 e. The van der Waals surface area contributed by atoms with Gasteiger partial charge in [-0.1, -0.05) is 6.92 Å². The molecule has 0 radical (unpaired) electrons. The third-order valence-electron chi connectivity index (χ3n) is 3.63. The topological polar surface area (TPSA) is 48.4 Å². The molecular formula is C19H23NO3. The minimum absolute atomic E-state index is 0.0702. The number of hydrogen-bond donors (Lipinski definition) is 0. The molecule has 2 rings (SSSR count). The molecule has 0 aliphatic heterocycles. The van der Waals surface area contributed by atoms with Crippen molar-refractivity contribution in [3.8, 4) is 11.5 Å². The molecule has 23 heavy (non-hydrogen) atoms. The number of nitrogens with zero attached hydrogens (tertiary/aromatic N) is 1. The molecular weight excluding hydrogens is 290 g/mol. The van der Waals surface area contributed by atoms with Gasteiger partial charge in [0.2, 0.25) is 0 Å². The van der Waals surface area contributed by atoms with E-state index in [2.05, 4.69) is 4.98 Å². The molecule has 1 aromatic carbocycles. The van der Waals surface area contributed by atoms with Crippen molar-refractivity contribution in [3.05, 3.63) is 53.9 Å². The fourth-order valence-electron chi connectivity index (χ4n) is 2.46. The lowest BCUT2D eigenvalue weighted by Crippen LogP contribution is -2.08. The summed E-state index contributed by atoms with van der Waals surface area (Å²) in [6, 6.07) is 9.28. The van der Waals surface area contributed by atoms with E-state index < -0.39 is 0 Å². The van der Waals surface area contributed by atoms with Crippen LogP contribution in [0.1, 0.15) is 49.0 Å². The zero-order chi connectivity index (χ0) is 16.7. The van der Waals surface area contributed by atoms with Crippen molar-refractivity contribution in [2.24, 2.45) is 0 Å². The SMILES string of the molecule is CCOc1ccc(C(=O)CC(C)c2ccncc2)c(OCC)c1. The van der Waals surface area contributed by atoms with E-state index in [0.29, 0.717) is 30.9 Å². The fraction of sp³-hybridized carbons (Fsp3) is 0.368. The van der Waals surface area contributed by atoms with Crippen LogP contribution in [0.15, 0.2) is 42.7 Å². The Hall–Kier alpha value is -2.36. The van der Waals surface area contributed by atoms with Gasteiger partial charge < -0.3 is 9.47 Å². The van der Waals surface area contributed by atoms with Crippen molar-refractivity contribution < 1.29 is 14.3 Å². The quantitative estimate of drug-likeness (QED) is 0.683. The lowest BCUT2D eigenvalue weighted by Gasteiger charge is -2.14. The Morgan fingerprint density at radius 3 is 2.43 bits per heavy atom. The zero-order valence-corrected chi connectivity index (χ0v) is 13.9. The number of rotatable bonds is 8. The number of ketones is 1. The first-order valence-electron chi connectivity index (χ1n) is 7.98. The first kappa shape index (κ1) is 17.0. The summed E-state index contributed by atoms with van der Waals surface area (Å²) in [5, 5.41) is 0. The van der Waals surface area contributed by atoms with Gasteiger partial charge in [-0.15, -0.1) is 0 Å². The number of carbonyl (C=O) groups is 1. The maximum atomic E-state index is 12.7. The van der Waals surface area contributed by atoms with Gasteiger partial charge >= 0.3 is 0 Å². The standard InChI is InChI=1S/C19H23NO3/c1-4-22-16-6-7-17(19(13-16)23-5-2)18(21)12-14(3)15-8-10-20-11-9-15/h6-11,13-14H,4-5,12H2,1-3H3. The predicted molar refractivity (Wildman–Crippen MR) is 90.4 cm³/mol. The molecule has 0 saturated heterocycles. The Kier molecular flexibility index (Phi) is 6.15. The largest absolute Gasteiger partial charge is 0.494 e. The van der Waals surface area contributed by atoms with Crippen molar-refractivity contribution in [2.45, 2.75) is 33.1 Å². The number of aromatic nitrogens is 1. The Bertz CT molecular complexity index is 640. The summed E-state index contributed by atoms with van der Waals surface area (Å²) in [4.78, 5) is 16.7. The molecule has 2 aromatic rings. The highest BCUT2D eigenvalue weighted by Gasteiger charge is 2.17. The maximum absolute atomic E-state index is 12.7. The third-order valence-corrected chi connectivity index (χ3v) is 3.63. The second-order valence-corrected chi connectivity index (χ2v) is 5.33. The van der Waals surface area contributed by atoms with Gasteiger partial charge in [0.1, 0.15) is 11.5 Å². The van der Waals surface area contributed by atoms with Crippen molar-refractivity contribution in [1.29, 1.82) is 0 Å². The van der Waals surface area contributed by atoms with Crippen molar-refractivity contribution in [2.75, 3.05) is 13.2 Å². The van der Waals surface area contributed by atoms with E-state index in [9.17, 15) is 4.79 Å². The smallest absolute Gasteiger partial charge is 0.167 e. The summed E-state index contributed by atoms with van der Waals surface area (Å²) in [7, 11) is 0. The van der Waals surface area contributed by atoms with Crippen molar-refractivity contribution in [1.82, 2.24) is 4.98 Å². The first-order valence-corrected chi connectivity index (χ1v) is 7.98. The summed E-state index contributed by atoms with van der Waals surface area (Å²) < 4.78 is 11.1. The zero-order valence-electron chi connectivity index (χ0n) is 13.9. The third kappa shape index (κ3) is 4.55. The van der Waals surface area contributed by atoms with Crippen LogP contribution in [0.4, 0.5) is 0 Å². The Labute approximate surface area is 137 Å². The number of Topliss-reactive ketones (excluding diaryl/α,β-unsaturated/α-hetero) is 1. The number of pyridine rings is 1. The molecule has 0 amide bonds. The number of hydrogen-bond acceptors (Lipinski definition) is 4. The van der Waals surface area contributed by atoms with Gasteiger partial charge in [0, 0.05) is 24.9 Å². The van der Waals surface area contributed by atoms with Crippen LogP contribution in [-0.2, 0) is 0 Å². The van der Waals surface area contributed by atoms with Crippen LogP contribution >= 0.6 is 0 Å². The number of benzene rings is 1. The summed E-state index contributed by atoms with van der Waals surface area (Å²) >= 11 is 0. The van der Waals surface area contributed by atoms with Gasteiger partial charge in [0.25, 0.3) is 0 Å². The predicted octanol–water partition coefficient (Wildman–Crippen LogP) is 4.26. The minimum Gasteiger partial charge on any atom is -0.494 e. The minimum atomic E-state index is 0.0702. The van der Waals surface area contributed by atoms with Gasteiger partial charge in [0.05, 0.1) is 18.8 Å². The highest BCUT2D eigenvalue weighted by Crippen LogP contribution is 2.29. The average Bonchev–Trinajstić information content (AvgIpc) is 2.56. The molecule has 1 atom stereocenters. The molecule has 1 heterocycles. The molecule has 0 N–H and O–H groups in total. The molecule has 1 unspecified atom stereocenters. The molecule has 0 saturated carbocycles. The van der Waals surface area contributed by atoms with E-state index in [1.165, 1.54) is 0 Å². The highest BCUT2D eigenvalue weighted by molar-refractivity contribution is 5.99. The Balaban J connectivity index is 2.17. The molecule has 0 spiro atoms. The van der Waals surface area contributed by atoms with Crippen molar-refractivity contribution in [3.63, 3.8) is 0 Å². The fourth-order valence-corrected chi connectivity index (χ4v) is 2.46. The van der Waals surface area contributed by atoms with Crippen LogP contribution in [0.25, 0.3) is 0 Å². The van der Waals surface area contributed by atoms with Crippen LogP contribution in [0.3, 0.4) is 0 Å². The number of carbonyl (C=O) groups excluding carboxylic acids is 1. The normalized spacial score (nSPS) is 11.8. The van der Waals surface area contributed by atoms with Gasteiger partial charge in [-0.25, -0.2) is 0 Å². The van der Waals surface area contributed by atoms with E-state index in [1.54, 1.807) is 24.5 Å². The summed E-state index contributed by atoms with van der Waals surface area (Å²) in [5.41, 5.74) is 1.72. The van der Waals surface area contributed by atoms with Crippen LogP contribution < -0.4 is 9.47 Å². The highest BCUT2D eigenvalue weighted by atomic mass is 16.5. The lowest BCUT2D eigenvalue weighted by molar-refractivity contribution is 0.0972. The number of ether oxygens (including phenoxy) is 2. The molecule has 0 aliphatic rings. The van der Waals surface area contributed by atoms with E-state index >= 15 is 0 Å². The average molecular weight is 313 g/mol. The lowest BCUT2D eigenvalue weighted by atomic mass is 9.93. The molecule has 4 nitrogen and oxygen atoms in total. The first-order chi connectivity index (χ1) is 11.2. The van der Waals surface area contributed by atoms with E-state index in [-0.39, 0.29) is 11.7 Å². The van der Waals surface area contributed by atoms with E-state index in [1.807, 2.05) is 39.0 Å². The molecule has 1 aromatic heterocycles. The van der Waals surface area contributed by atoms with E-state index in [0.717, 1.165) is 11.3 Å². The van der Waals surface area contributed by atoms with Crippen LogP contribution in [0.5, 0.6) is 11.5 Å². The summed E-state index contributed by atoms with van der Waals surface area (Å²) in [6.45, 7) is 6.97. The molecule has 0 fully saturated rings. The Morgan fingerprint density at radius 1 is 1.09 bits per heavy atom. The molecule has 0 aliphatic carbocycles. The van der Waals surface area contributed by atoms with Gasteiger partial charge in [-0.3, -0.25) is 9.78 Å².